The molecule has 0 aliphatic carbocycles. The number of Topliss-reactive ketones (excluding diaryl/α,β-unsaturated/α-hetero) is 1. The molecule has 6 nitrogen and oxygen atoms in total. The average molecular weight is 525 g/mol. The lowest BCUT2D eigenvalue weighted by Gasteiger charge is -2.13. The topological polar surface area (TPSA) is 76.9 Å². The van der Waals surface area contributed by atoms with Crippen molar-refractivity contribution in [1.82, 2.24) is 14.5 Å². The first kappa shape index (κ1) is 23.2. The Morgan fingerprint density at radius 1 is 0.838 bits per heavy atom. The highest BCUT2D eigenvalue weighted by molar-refractivity contribution is 6.50. The zero-order valence-electron chi connectivity index (χ0n) is 19.3. The van der Waals surface area contributed by atoms with Crippen molar-refractivity contribution in [3.8, 4) is 0 Å². The minimum atomic E-state index is -0.853. The van der Waals surface area contributed by atoms with Crippen molar-refractivity contribution in [3.05, 3.63) is 113 Å². The SMILES string of the molecule is O=C(Nc1c(Cl)cncc1Cl)C(=O)c1cn(Cc2c3ccccc3cc3ccccc23)c2ncccc12. The molecule has 0 saturated carbocycles. The smallest absolute Gasteiger partial charge is 0.296 e. The number of ketones is 1. The fourth-order valence-electron chi connectivity index (χ4n) is 4.70. The highest BCUT2D eigenvalue weighted by atomic mass is 35.5. The van der Waals surface area contributed by atoms with Crippen LogP contribution in [0.5, 0.6) is 0 Å². The van der Waals surface area contributed by atoms with Gasteiger partial charge in [-0.3, -0.25) is 14.6 Å². The molecule has 3 aromatic heterocycles. The lowest BCUT2D eigenvalue weighted by atomic mass is 9.97. The first-order chi connectivity index (χ1) is 18.0. The number of fused-ring (bicyclic) bond motifs is 3. The number of pyridine rings is 2. The van der Waals surface area contributed by atoms with Gasteiger partial charge in [-0.25, -0.2) is 4.98 Å². The molecule has 0 radical (unpaired) electrons. The molecule has 6 rings (SSSR count). The van der Waals surface area contributed by atoms with E-state index in [-0.39, 0.29) is 21.3 Å². The van der Waals surface area contributed by atoms with E-state index in [1.807, 2.05) is 28.8 Å². The molecule has 37 heavy (non-hydrogen) atoms. The lowest BCUT2D eigenvalue weighted by Crippen LogP contribution is -2.23. The van der Waals surface area contributed by atoms with Gasteiger partial charge in [0.1, 0.15) is 5.65 Å². The molecule has 0 unspecified atom stereocenters. The molecule has 0 aliphatic rings. The standard InChI is InChI=1S/C29H18Cl2N4O2/c30-24-13-32-14-25(31)26(24)34-29(37)27(36)23-16-35(28-21(23)10-5-11-33-28)15-22-19-8-3-1-6-17(19)12-18-7-2-4-9-20(18)22/h1-14,16H,15H2,(H,32,34,37). The number of rotatable bonds is 5. The number of benzene rings is 3. The third kappa shape index (κ3) is 4.10. The van der Waals surface area contributed by atoms with Crippen molar-refractivity contribution in [2.75, 3.05) is 5.32 Å². The molecular weight excluding hydrogens is 507 g/mol. The number of carbonyl (C=O) groups excluding carboxylic acids is 2. The van der Waals surface area contributed by atoms with Crippen molar-refractivity contribution in [1.29, 1.82) is 0 Å². The Bertz CT molecular complexity index is 1790. The highest BCUT2D eigenvalue weighted by Crippen LogP contribution is 2.32. The zero-order chi connectivity index (χ0) is 25.5. The van der Waals surface area contributed by atoms with Crippen LogP contribution in [0.15, 0.2) is 91.5 Å². The van der Waals surface area contributed by atoms with E-state index in [1.54, 1.807) is 24.5 Å². The van der Waals surface area contributed by atoms with Crippen LogP contribution in [0.4, 0.5) is 5.69 Å². The van der Waals surface area contributed by atoms with Gasteiger partial charge in [-0.1, -0.05) is 71.7 Å². The number of aromatic nitrogens is 3. The summed E-state index contributed by atoms with van der Waals surface area (Å²) in [6.45, 7) is 0.465. The van der Waals surface area contributed by atoms with Gasteiger partial charge < -0.3 is 9.88 Å². The van der Waals surface area contributed by atoms with Gasteiger partial charge in [0, 0.05) is 30.2 Å². The predicted molar refractivity (Wildman–Crippen MR) is 148 cm³/mol. The van der Waals surface area contributed by atoms with E-state index >= 15 is 0 Å². The van der Waals surface area contributed by atoms with Gasteiger partial charge in [0.15, 0.2) is 0 Å². The van der Waals surface area contributed by atoms with Gasteiger partial charge in [-0.05, 0) is 45.3 Å². The molecule has 6 aromatic rings. The summed E-state index contributed by atoms with van der Waals surface area (Å²) in [6.07, 6.45) is 6.05. The second kappa shape index (κ2) is 9.32. The summed E-state index contributed by atoms with van der Waals surface area (Å²) in [4.78, 5) is 34.7. The Kier molecular flexibility index (Phi) is 5.83. The number of nitrogens with zero attached hydrogens (tertiary/aromatic N) is 3. The second-order valence-corrected chi connectivity index (χ2v) is 9.42. The van der Waals surface area contributed by atoms with Crippen LogP contribution in [0.2, 0.25) is 10.0 Å². The van der Waals surface area contributed by atoms with Crippen LogP contribution in [0, 0.1) is 0 Å². The van der Waals surface area contributed by atoms with E-state index in [1.165, 1.54) is 12.4 Å². The molecular formula is C29H18Cl2N4O2. The van der Waals surface area contributed by atoms with Crippen molar-refractivity contribution >= 4 is 73.2 Å². The molecule has 0 spiro atoms. The van der Waals surface area contributed by atoms with Gasteiger partial charge in [-0.2, -0.15) is 0 Å². The first-order valence-electron chi connectivity index (χ1n) is 11.5. The molecule has 0 bridgehead atoms. The van der Waals surface area contributed by atoms with E-state index in [0.29, 0.717) is 17.6 Å². The Labute approximate surface area is 221 Å². The minimum Gasteiger partial charge on any atom is -0.327 e. The largest absolute Gasteiger partial charge is 0.327 e. The fraction of sp³-hybridized carbons (Fsp3) is 0.0345. The molecule has 0 atom stereocenters. The van der Waals surface area contributed by atoms with Gasteiger partial charge in [0.05, 0.1) is 27.8 Å². The van der Waals surface area contributed by atoms with E-state index in [9.17, 15) is 9.59 Å². The Balaban J connectivity index is 1.44. The van der Waals surface area contributed by atoms with Gasteiger partial charge in [0.25, 0.3) is 11.7 Å². The number of anilines is 1. The summed E-state index contributed by atoms with van der Waals surface area (Å²) < 4.78 is 1.91. The summed E-state index contributed by atoms with van der Waals surface area (Å²) in [6, 6.07) is 22.1. The summed E-state index contributed by atoms with van der Waals surface area (Å²) in [5.74, 6) is -1.57. The number of amides is 1. The average Bonchev–Trinajstić information content (AvgIpc) is 3.28. The lowest BCUT2D eigenvalue weighted by molar-refractivity contribution is -0.112. The fourth-order valence-corrected chi connectivity index (χ4v) is 5.16. The third-order valence-corrected chi connectivity index (χ3v) is 6.96. The monoisotopic (exact) mass is 524 g/mol. The summed E-state index contributed by atoms with van der Waals surface area (Å²) in [5, 5.41) is 7.88. The maximum atomic E-state index is 13.3. The van der Waals surface area contributed by atoms with Crippen LogP contribution in [0.3, 0.4) is 0 Å². The number of hydrogen-bond acceptors (Lipinski definition) is 4. The number of hydrogen-bond donors (Lipinski definition) is 1. The van der Waals surface area contributed by atoms with Crippen LogP contribution in [-0.2, 0) is 11.3 Å². The van der Waals surface area contributed by atoms with Crippen molar-refractivity contribution in [2.45, 2.75) is 6.54 Å². The number of halogens is 2. The number of carbonyl (C=O) groups is 2. The second-order valence-electron chi connectivity index (χ2n) is 8.60. The van der Waals surface area contributed by atoms with Crippen molar-refractivity contribution in [2.24, 2.45) is 0 Å². The molecule has 180 valence electrons. The Morgan fingerprint density at radius 2 is 1.46 bits per heavy atom. The zero-order valence-corrected chi connectivity index (χ0v) is 20.8. The Hall–Kier alpha value is -4.26. The van der Waals surface area contributed by atoms with Crippen LogP contribution in [0.25, 0.3) is 32.6 Å². The predicted octanol–water partition coefficient (Wildman–Crippen LogP) is 6.91. The molecule has 3 heterocycles. The van der Waals surface area contributed by atoms with E-state index in [4.69, 9.17) is 23.2 Å². The first-order valence-corrected chi connectivity index (χ1v) is 12.2. The third-order valence-electron chi connectivity index (χ3n) is 6.39. The summed E-state index contributed by atoms with van der Waals surface area (Å²) in [7, 11) is 0. The molecule has 1 amide bonds. The van der Waals surface area contributed by atoms with Crippen LogP contribution >= 0.6 is 23.2 Å². The molecule has 8 heteroatoms. The Morgan fingerprint density at radius 3 is 2.14 bits per heavy atom. The molecule has 1 N–H and O–H groups in total. The van der Waals surface area contributed by atoms with E-state index < -0.39 is 11.7 Å². The van der Waals surface area contributed by atoms with E-state index in [2.05, 4.69) is 45.6 Å². The van der Waals surface area contributed by atoms with Crippen LogP contribution in [-0.4, -0.2) is 26.2 Å². The van der Waals surface area contributed by atoms with Gasteiger partial charge >= 0.3 is 0 Å². The quantitative estimate of drug-likeness (QED) is 0.151. The van der Waals surface area contributed by atoms with Crippen LogP contribution in [0.1, 0.15) is 15.9 Å². The maximum Gasteiger partial charge on any atom is 0.296 e. The van der Waals surface area contributed by atoms with Gasteiger partial charge in [0.2, 0.25) is 0 Å². The molecule has 0 fully saturated rings. The highest BCUT2D eigenvalue weighted by Gasteiger charge is 2.24. The molecule has 0 aliphatic heterocycles. The minimum absolute atomic E-state index is 0.139. The maximum absolute atomic E-state index is 13.3. The van der Waals surface area contributed by atoms with E-state index in [0.717, 1.165) is 27.1 Å². The van der Waals surface area contributed by atoms with Crippen LogP contribution < -0.4 is 5.32 Å². The van der Waals surface area contributed by atoms with Crippen molar-refractivity contribution in [3.63, 3.8) is 0 Å². The normalized spacial score (nSPS) is 11.3. The number of nitrogens with one attached hydrogen (secondary N) is 1. The molecule has 3 aromatic carbocycles. The van der Waals surface area contributed by atoms with Gasteiger partial charge in [-0.15, -0.1) is 0 Å². The summed E-state index contributed by atoms with van der Waals surface area (Å²) >= 11 is 12.2. The van der Waals surface area contributed by atoms with Crippen molar-refractivity contribution < 1.29 is 9.59 Å². The molecule has 0 saturated heterocycles. The summed E-state index contributed by atoms with van der Waals surface area (Å²) in [5.41, 5.74) is 2.10.